The summed E-state index contributed by atoms with van der Waals surface area (Å²) in [5, 5.41) is 13.5. The first-order valence-electron chi connectivity index (χ1n) is 7.79. The fourth-order valence-corrected chi connectivity index (χ4v) is 3.55. The predicted octanol–water partition coefficient (Wildman–Crippen LogP) is 2.22. The van der Waals surface area contributed by atoms with E-state index in [2.05, 4.69) is 12.2 Å². The van der Waals surface area contributed by atoms with Gasteiger partial charge in [0.2, 0.25) is 5.91 Å². The van der Waals surface area contributed by atoms with E-state index in [0.29, 0.717) is 19.1 Å². The quantitative estimate of drug-likeness (QED) is 0.897. The summed E-state index contributed by atoms with van der Waals surface area (Å²) < 4.78 is 5.54. The van der Waals surface area contributed by atoms with E-state index in [1.54, 1.807) is 0 Å². The predicted molar refractivity (Wildman–Crippen MR) is 80.3 cm³/mol. The van der Waals surface area contributed by atoms with Gasteiger partial charge < -0.3 is 15.2 Å². The van der Waals surface area contributed by atoms with Gasteiger partial charge in [0.05, 0.1) is 5.60 Å². The van der Waals surface area contributed by atoms with Crippen molar-refractivity contribution in [1.29, 1.82) is 0 Å². The number of aliphatic hydroxyl groups is 1. The summed E-state index contributed by atoms with van der Waals surface area (Å²) in [4.78, 5) is 12.4. The largest absolute Gasteiger partial charge is 0.492 e. The molecule has 1 fully saturated rings. The normalized spacial score (nSPS) is 31.3. The van der Waals surface area contributed by atoms with Gasteiger partial charge >= 0.3 is 0 Å². The van der Waals surface area contributed by atoms with Crippen molar-refractivity contribution in [2.24, 2.45) is 5.92 Å². The van der Waals surface area contributed by atoms with Gasteiger partial charge in [-0.2, -0.15) is 0 Å². The van der Waals surface area contributed by atoms with Crippen LogP contribution in [0.5, 0.6) is 5.75 Å². The molecule has 1 saturated carbocycles. The summed E-state index contributed by atoms with van der Waals surface area (Å²) in [5.41, 5.74) is 0.200. The van der Waals surface area contributed by atoms with E-state index in [1.807, 2.05) is 24.3 Å². The fraction of sp³-hybridized carbons (Fsp3) is 0.588. The first kappa shape index (κ1) is 14.4. The van der Waals surface area contributed by atoms with Gasteiger partial charge in [-0.1, -0.05) is 38.0 Å². The molecule has 0 saturated heterocycles. The van der Waals surface area contributed by atoms with Crippen LogP contribution in [-0.4, -0.2) is 29.8 Å². The fourth-order valence-electron chi connectivity index (χ4n) is 3.55. The van der Waals surface area contributed by atoms with Crippen molar-refractivity contribution in [3.63, 3.8) is 0 Å². The number of carbonyl (C=O) groups is 1. The number of ether oxygens (including phenoxy) is 1. The molecule has 1 heterocycles. The molecule has 0 radical (unpaired) electrons. The number of hydrogen-bond donors (Lipinski definition) is 2. The number of benzene rings is 1. The molecule has 2 aliphatic rings. The van der Waals surface area contributed by atoms with Crippen LogP contribution in [0, 0.1) is 5.92 Å². The molecule has 1 aromatic carbocycles. The lowest BCUT2D eigenvalue weighted by Crippen LogP contribution is -2.47. The molecule has 1 amide bonds. The lowest BCUT2D eigenvalue weighted by atomic mass is 9.79. The van der Waals surface area contributed by atoms with E-state index in [9.17, 15) is 9.90 Å². The number of nitrogens with one attached hydrogen (secondary N) is 1. The van der Waals surface area contributed by atoms with Gasteiger partial charge in [-0.25, -0.2) is 0 Å². The standard InChI is InChI=1S/C17H23NO3/c1-12-5-4-8-17(20,9-12)11-18-16(19)14-10-21-15-7-3-2-6-13(14)15/h2-3,6-7,12,14,20H,4-5,8-11H2,1H3,(H,18,19). The van der Waals surface area contributed by atoms with Gasteiger partial charge in [0.25, 0.3) is 0 Å². The molecule has 0 spiro atoms. The third kappa shape index (κ3) is 3.05. The summed E-state index contributed by atoms with van der Waals surface area (Å²) in [7, 11) is 0. The SMILES string of the molecule is CC1CCCC(O)(CNC(=O)C2COc3ccccc32)C1. The minimum absolute atomic E-state index is 0.0494. The topological polar surface area (TPSA) is 58.6 Å². The highest BCUT2D eigenvalue weighted by atomic mass is 16.5. The Bertz CT molecular complexity index is 531. The zero-order chi connectivity index (χ0) is 14.9. The first-order valence-corrected chi connectivity index (χ1v) is 7.79. The average Bonchev–Trinajstić information content (AvgIpc) is 2.89. The Morgan fingerprint density at radius 1 is 1.48 bits per heavy atom. The van der Waals surface area contributed by atoms with Crippen LogP contribution < -0.4 is 10.1 Å². The van der Waals surface area contributed by atoms with Crippen LogP contribution in [0.3, 0.4) is 0 Å². The highest BCUT2D eigenvalue weighted by Crippen LogP contribution is 2.34. The smallest absolute Gasteiger partial charge is 0.231 e. The van der Waals surface area contributed by atoms with Crippen molar-refractivity contribution < 1.29 is 14.6 Å². The second-order valence-electron chi connectivity index (χ2n) is 6.55. The van der Waals surface area contributed by atoms with E-state index in [-0.39, 0.29) is 11.8 Å². The van der Waals surface area contributed by atoms with E-state index >= 15 is 0 Å². The maximum Gasteiger partial charge on any atom is 0.231 e. The second kappa shape index (κ2) is 5.68. The number of para-hydroxylation sites is 1. The van der Waals surface area contributed by atoms with E-state index in [4.69, 9.17) is 4.74 Å². The molecule has 1 aliphatic carbocycles. The Hall–Kier alpha value is -1.55. The van der Waals surface area contributed by atoms with Gasteiger partial charge in [0, 0.05) is 12.1 Å². The Kier molecular flexibility index (Phi) is 3.89. The number of carbonyl (C=O) groups excluding carboxylic acids is 1. The second-order valence-corrected chi connectivity index (χ2v) is 6.55. The molecule has 3 atom stereocenters. The summed E-state index contributed by atoms with van der Waals surface area (Å²) in [6.07, 6.45) is 3.74. The highest BCUT2D eigenvalue weighted by molar-refractivity contribution is 5.85. The molecule has 3 rings (SSSR count). The zero-order valence-corrected chi connectivity index (χ0v) is 12.5. The molecule has 2 N–H and O–H groups in total. The van der Waals surface area contributed by atoms with Crippen molar-refractivity contribution in [3.8, 4) is 5.75 Å². The summed E-state index contributed by atoms with van der Waals surface area (Å²) in [6, 6.07) is 7.65. The van der Waals surface area contributed by atoms with Crippen molar-refractivity contribution >= 4 is 5.91 Å². The Morgan fingerprint density at radius 2 is 2.29 bits per heavy atom. The van der Waals surface area contributed by atoms with Crippen LogP contribution in [0.25, 0.3) is 0 Å². The monoisotopic (exact) mass is 289 g/mol. The minimum atomic E-state index is -0.744. The van der Waals surface area contributed by atoms with Gasteiger partial charge in [0.1, 0.15) is 18.3 Å². The van der Waals surface area contributed by atoms with Crippen LogP contribution in [0.1, 0.15) is 44.1 Å². The maximum absolute atomic E-state index is 12.4. The Morgan fingerprint density at radius 3 is 3.10 bits per heavy atom. The molecule has 1 aromatic rings. The van der Waals surface area contributed by atoms with E-state index < -0.39 is 5.60 Å². The zero-order valence-electron chi connectivity index (χ0n) is 12.5. The van der Waals surface area contributed by atoms with Crippen LogP contribution in [0.4, 0.5) is 0 Å². The molecule has 0 bridgehead atoms. The molecule has 114 valence electrons. The van der Waals surface area contributed by atoms with Crippen molar-refractivity contribution in [1.82, 2.24) is 5.32 Å². The molecule has 3 unspecified atom stereocenters. The third-order valence-corrected chi connectivity index (χ3v) is 4.68. The van der Waals surface area contributed by atoms with Crippen molar-refractivity contribution in [2.75, 3.05) is 13.2 Å². The first-order chi connectivity index (χ1) is 10.1. The van der Waals surface area contributed by atoms with Crippen LogP contribution in [0.15, 0.2) is 24.3 Å². The number of rotatable bonds is 3. The van der Waals surface area contributed by atoms with Gasteiger partial charge in [-0.3, -0.25) is 4.79 Å². The number of fused-ring (bicyclic) bond motifs is 1. The highest BCUT2D eigenvalue weighted by Gasteiger charge is 2.35. The summed E-state index contributed by atoms with van der Waals surface area (Å²) in [6.45, 7) is 2.89. The lowest BCUT2D eigenvalue weighted by Gasteiger charge is -2.35. The third-order valence-electron chi connectivity index (χ3n) is 4.68. The van der Waals surface area contributed by atoms with E-state index in [0.717, 1.165) is 30.6 Å². The average molecular weight is 289 g/mol. The molecule has 21 heavy (non-hydrogen) atoms. The van der Waals surface area contributed by atoms with E-state index in [1.165, 1.54) is 6.42 Å². The minimum Gasteiger partial charge on any atom is -0.492 e. The van der Waals surface area contributed by atoms with Gasteiger partial charge in [0.15, 0.2) is 0 Å². The maximum atomic E-state index is 12.4. The molecule has 4 nitrogen and oxygen atoms in total. The van der Waals surface area contributed by atoms with Crippen molar-refractivity contribution in [3.05, 3.63) is 29.8 Å². The molecular formula is C17H23NO3. The Labute approximate surface area is 125 Å². The van der Waals surface area contributed by atoms with Crippen LogP contribution in [0.2, 0.25) is 0 Å². The molecule has 1 aliphatic heterocycles. The summed E-state index contributed by atoms with van der Waals surface area (Å²) in [5.74, 6) is 1.01. The van der Waals surface area contributed by atoms with Gasteiger partial charge in [-0.05, 0) is 24.8 Å². The van der Waals surface area contributed by atoms with Crippen LogP contribution >= 0.6 is 0 Å². The van der Waals surface area contributed by atoms with Crippen LogP contribution in [-0.2, 0) is 4.79 Å². The molecule has 4 heteroatoms. The van der Waals surface area contributed by atoms with Gasteiger partial charge in [-0.15, -0.1) is 0 Å². The molecule has 0 aromatic heterocycles. The Balaban J connectivity index is 1.60. The number of hydrogen-bond acceptors (Lipinski definition) is 3. The number of amides is 1. The van der Waals surface area contributed by atoms with Crippen molar-refractivity contribution in [2.45, 2.75) is 44.1 Å². The summed E-state index contributed by atoms with van der Waals surface area (Å²) >= 11 is 0. The molecular weight excluding hydrogens is 266 g/mol. The lowest BCUT2D eigenvalue weighted by molar-refractivity contribution is -0.124.